The van der Waals surface area contributed by atoms with E-state index in [0.717, 1.165) is 11.3 Å². The van der Waals surface area contributed by atoms with Crippen molar-refractivity contribution in [1.82, 2.24) is 4.31 Å². The second kappa shape index (κ2) is 7.57. The summed E-state index contributed by atoms with van der Waals surface area (Å²) in [6.07, 6.45) is 0. The maximum absolute atomic E-state index is 12.8. The Morgan fingerprint density at radius 1 is 1.04 bits per heavy atom. The summed E-state index contributed by atoms with van der Waals surface area (Å²) >= 11 is 0. The van der Waals surface area contributed by atoms with Gasteiger partial charge in [-0.3, -0.25) is 4.79 Å². The highest BCUT2D eigenvalue weighted by atomic mass is 32.2. The molecule has 0 spiro atoms. The maximum Gasteiger partial charge on any atom is 0.255 e. The Kier molecular flexibility index (Phi) is 5.41. The van der Waals surface area contributed by atoms with Crippen LogP contribution in [0.15, 0.2) is 47.4 Å². The van der Waals surface area contributed by atoms with Crippen molar-refractivity contribution in [3.8, 4) is 0 Å². The lowest BCUT2D eigenvalue weighted by molar-refractivity contribution is 0.0730. The first-order valence-electron chi connectivity index (χ1n) is 8.45. The van der Waals surface area contributed by atoms with Crippen LogP contribution in [0.2, 0.25) is 0 Å². The molecule has 7 heteroatoms. The number of rotatable bonds is 4. The van der Waals surface area contributed by atoms with Crippen molar-refractivity contribution >= 4 is 21.6 Å². The average Bonchev–Trinajstić information content (AvgIpc) is 2.64. The lowest BCUT2D eigenvalue weighted by atomic mass is 10.1. The normalized spacial score (nSPS) is 15.6. The summed E-state index contributed by atoms with van der Waals surface area (Å²) in [5.74, 6) is -0.266. The number of hydrogen-bond donors (Lipinski definition) is 1. The van der Waals surface area contributed by atoms with Crippen molar-refractivity contribution in [2.24, 2.45) is 0 Å². The number of ether oxygens (including phenoxy) is 1. The van der Waals surface area contributed by atoms with Crippen molar-refractivity contribution in [1.29, 1.82) is 0 Å². The minimum atomic E-state index is -3.58. The van der Waals surface area contributed by atoms with Gasteiger partial charge in [0.25, 0.3) is 5.91 Å². The molecule has 0 unspecified atom stereocenters. The van der Waals surface area contributed by atoms with Gasteiger partial charge >= 0.3 is 0 Å². The molecule has 0 atom stereocenters. The molecule has 138 valence electrons. The van der Waals surface area contributed by atoms with Crippen LogP contribution in [-0.4, -0.2) is 44.9 Å². The zero-order valence-electron chi connectivity index (χ0n) is 14.9. The number of nitrogens with zero attached hydrogens (tertiary/aromatic N) is 1. The minimum Gasteiger partial charge on any atom is -0.379 e. The van der Waals surface area contributed by atoms with Gasteiger partial charge in [0, 0.05) is 24.3 Å². The van der Waals surface area contributed by atoms with Gasteiger partial charge in [0.15, 0.2) is 0 Å². The highest BCUT2D eigenvalue weighted by Crippen LogP contribution is 2.23. The van der Waals surface area contributed by atoms with Gasteiger partial charge in [0.1, 0.15) is 0 Å². The summed E-state index contributed by atoms with van der Waals surface area (Å²) in [4.78, 5) is 12.7. The van der Waals surface area contributed by atoms with Crippen molar-refractivity contribution < 1.29 is 17.9 Å². The van der Waals surface area contributed by atoms with E-state index in [2.05, 4.69) is 5.32 Å². The Bertz CT molecular complexity index is 919. The van der Waals surface area contributed by atoms with E-state index < -0.39 is 10.0 Å². The number of amides is 1. The van der Waals surface area contributed by atoms with E-state index in [1.54, 1.807) is 19.1 Å². The van der Waals surface area contributed by atoms with Crippen LogP contribution >= 0.6 is 0 Å². The standard InChI is InChI=1S/C19H22N2O4S/c1-14-5-3-4-6-17(14)20-19(22)16-7-8-18(15(2)13-16)26(23,24)21-9-11-25-12-10-21/h3-8,13H,9-12H2,1-2H3,(H,20,22). The molecule has 0 radical (unpaired) electrons. The van der Waals surface area contributed by atoms with E-state index in [1.807, 2.05) is 31.2 Å². The number of aryl methyl sites for hydroxylation is 2. The minimum absolute atomic E-state index is 0.229. The van der Waals surface area contributed by atoms with Crippen LogP contribution < -0.4 is 5.32 Å². The van der Waals surface area contributed by atoms with E-state index >= 15 is 0 Å². The van der Waals surface area contributed by atoms with Crippen LogP contribution in [0.1, 0.15) is 21.5 Å². The number of sulfonamides is 1. The number of anilines is 1. The molecule has 1 amide bonds. The average molecular weight is 374 g/mol. The summed E-state index contributed by atoms with van der Waals surface area (Å²) in [6.45, 7) is 5.11. The predicted octanol–water partition coefficient (Wildman–Crippen LogP) is 2.58. The maximum atomic E-state index is 12.8. The molecule has 1 aliphatic rings. The summed E-state index contributed by atoms with van der Waals surface area (Å²) in [7, 11) is -3.58. The second-order valence-electron chi connectivity index (χ2n) is 6.27. The molecule has 6 nitrogen and oxygen atoms in total. The van der Waals surface area contributed by atoms with Gasteiger partial charge in [-0.2, -0.15) is 4.31 Å². The molecule has 1 heterocycles. The topological polar surface area (TPSA) is 75.7 Å². The van der Waals surface area contributed by atoms with E-state index in [9.17, 15) is 13.2 Å². The van der Waals surface area contributed by atoms with E-state index in [1.165, 1.54) is 10.4 Å². The van der Waals surface area contributed by atoms with Crippen LogP contribution in [0.4, 0.5) is 5.69 Å². The molecule has 1 fully saturated rings. The molecule has 26 heavy (non-hydrogen) atoms. The third kappa shape index (κ3) is 3.80. The first kappa shape index (κ1) is 18.6. The zero-order valence-corrected chi connectivity index (χ0v) is 15.7. The van der Waals surface area contributed by atoms with Gasteiger partial charge in [-0.1, -0.05) is 18.2 Å². The Morgan fingerprint density at radius 3 is 2.38 bits per heavy atom. The third-order valence-corrected chi connectivity index (χ3v) is 6.48. The Balaban J connectivity index is 1.83. The predicted molar refractivity (Wildman–Crippen MR) is 99.9 cm³/mol. The fourth-order valence-electron chi connectivity index (χ4n) is 2.91. The molecule has 0 aliphatic carbocycles. The largest absolute Gasteiger partial charge is 0.379 e. The molecular formula is C19H22N2O4S. The van der Waals surface area contributed by atoms with Crippen LogP contribution in [-0.2, 0) is 14.8 Å². The van der Waals surface area contributed by atoms with Crippen molar-refractivity contribution in [3.05, 3.63) is 59.2 Å². The highest BCUT2D eigenvalue weighted by Gasteiger charge is 2.28. The lowest BCUT2D eigenvalue weighted by Crippen LogP contribution is -2.40. The molecule has 0 saturated carbocycles. The summed E-state index contributed by atoms with van der Waals surface area (Å²) in [6, 6.07) is 12.2. The number of para-hydroxylation sites is 1. The van der Waals surface area contributed by atoms with Gasteiger partial charge in [0.05, 0.1) is 18.1 Å². The van der Waals surface area contributed by atoms with Crippen LogP contribution in [0.5, 0.6) is 0 Å². The number of hydrogen-bond acceptors (Lipinski definition) is 4. The van der Waals surface area contributed by atoms with Crippen LogP contribution in [0.3, 0.4) is 0 Å². The molecule has 0 aromatic heterocycles. The van der Waals surface area contributed by atoms with Crippen LogP contribution in [0.25, 0.3) is 0 Å². The molecule has 1 N–H and O–H groups in total. The van der Waals surface area contributed by atoms with Gasteiger partial charge in [-0.25, -0.2) is 8.42 Å². The van der Waals surface area contributed by atoms with Gasteiger partial charge in [-0.05, 0) is 49.2 Å². The Hall–Kier alpha value is -2.22. The molecule has 3 rings (SSSR count). The molecular weight excluding hydrogens is 352 g/mol. The molecule has 0 bridgehead atoms. The fraction of sp³-hybridized carbons (Fsp3) is 0.316. The van der Waals surface area contributed by atoms with Gasteiger partial charge in [-0.15, -0.1) is 0 Å². The molecule has 1 aliphatic heterocycles. The third-order valence-electron chi connectivity index (χ3n) is 4.42. The van der Waals surface area contributed by atoms with Gasteiger partial charge < -0.3 is 10.1 Å². The molecule has 2 aromatic carbocycles. The first-order chi connectivity index (χ1) is 12.4. The first-order valence-corrected chi connectivity index (χ1v) is 9.89. The smallest absolute Gasteiger partial charge is 0.255 e. The van der Waals surface area contributed by atoms with E-state index in [0.29, 0.717) is 37.4 Å². The van der Waals surface area contributed by atoms with Crippen molar-refractivity contribution in [2.45, 2.75) is 18.7 Å². The zero-order chi connectivity index (χ0) is 18.7. The Morgan fingerprint density at radius 2 is 1.73 bits per heavy atom. The summed E-state index contributed by atoms with van der Waals surface area (Å²) < 4.78 is 32.2. The lowest BCUT2D eigenvalue weighted by Gasteiger charge is -2.26. The van der Waals surface area contributed by atoms with Gasteiger partial charge in [0.2, 0.25) is 10.0 Å². The quantitative estimate of drug-likeness (QED) is 0.892. The second-order valence-corrected chi connectivity index (χ2v) is 8.17. The van der Waals surface area contributed by atoms with E-state index in [4.69, 9.17) is 4.74 Å². The van der Waals surface area contributed by atoms with Crippen molar-refractivity contribution in [3.63, 3.8) is 0 Å². The number of carbonyl (C=O) groups is 1. The van der Waals surface area contributed by atoms with Crippen LogP contribution in [0, 0.1) is 13.8 Å². The van der Waals surface area contributed by atoms with Crippen molar-refractivity contribution in [2.75, 3.05) is 31.6 Å². The highest BCUT2D eigenvalue weighted by molar-refractivity contribution is 7.89. The Labute approximate surface area is 153 Å². The molecule has 2 aromatic rings. The monoisotopic (exact) mass is 374 g/mol. The summed E-state index contributed by atoms with van der Waals surface area (Å²) in [5, 5.41) is 2.86. The SMILES string of the molecule is Cc1ccccc1NC(=O)c1ccc(S(=O)(=O)N2CCOCC2)c(C)c1. The summed E-state index contributed by atoms with van der Waals surface area (Å²) in [5.41, 5.74) is 2.67. The number of benzene rings is 2. The molecule has 1 saturated heterocycles. The number of carbonyl (C=O) groups excluding carboxylic acids is 1. The fourth-order valence-corrected chi connectivity index (χ4v) is 4.53. The number of morpholine rings is 1. The number of nitrogens with one attached hydrogen (secondary N) is 1. The van der Waals surface area contributed by atoms with E-state index in [-0.39, 0.29) is 10.8 Å².